The summed E-state index contributed by atoms with van der Waals surface area (Å²) in [6, 6.07) is 10.2. The van der Waals surface area contributed by atoms with Gasteiger partial charge >= 0.3 is 5.97 Å². The molecule has 2 heterocycles. The largest absolute Gasteiger partial charge is 0.480 e. The third-order valence-corrected chi connectivity index (χ3v) is 4.89. The normalized spacial score (nSPS) is 11.9. The van der Waals surface area contributed by atoms with E-state index in [9.17, 15) is 14.7 Å². The molecule has 0 saturated heterocycles. The Morgan fingerprint density at radius 1 is 1.22 bits per heavy atom. The Hall–Kier alpha value is -3.00. The molecule has 3 aromatic rings. The highest BCUT2D eigenvalue weighted by molar-refractivity contribution is 7.08. The van der Waals surface area contributed by atoms with Gasteiger partial charge in [-0.3, -0.25) is 4.79 Å². The molecule has 0 bridgehead atoms. The van der Waals surface area contributed by atoms with Gasteiger partial charge in [-0.2, -0.15) is 11.3 Å². The Morgan fingerprint density at radius 2 is 2.00 bits per heavy atom. The Kier molecular flexibility index (Phi) is 5.97. The number of carbonyl (C=O) groups excluding carboxylic acids is 1. The van der Waals surface area contributed by atoms with Crippen LogP contribution >= 0.6 is 11.3 Å². The Bertz CT molecular complexity index is 893. The summed E-state index contributed by atoms with van der Waals surface area (Å²) >= 11 is 1.53. The molecular formula is C19H19N3O4S. The predicted molar refractivity (Wildman–Crippen MR) is 100 cm³/mol. The van der Waals surface area contributed by atoms with Crippen LogP contribution < -0.4 is 0 Å². The third kappa shape index (κ3) is 4.79. The summed E-state index contributed by atoms with van der Waals surface area (Å²) in [5, 5.41) is 21.3. The number of carboxylic acids is 1. The van der Waals surface area contributed by atoms with E-state index in [2.05, 4.69) is 10.2 Å². The SMILES string of the molecule is CN(C(=O)CCc1nnc(-c2ccsc2)o1)C(Cc1ccccc1)C(=O)O. The third-order valence-electron chi connectivity index (χ3n) is 4.21. The first kappa shape index (κ1) is 18.8. The van der Waals surface area contributed by atoms with Gasteiger partial charge in [0.05, 0.1) is 0 Å². The summed E-state index contributed by atoms with van der Waals surface area (Å²) in [6.45, 7) is 0. The maximum atomic E-state index is 12.5. The second-order valence-electron chi connectivity index (χ2n) is 6.06. The lowest BCUT2D eigenvalue weighted by Gasteiger charge is -2.25. The molecule has 2 aromatic heterocycles. The van der Waals surface area contributed by atoms with E-state index in [1.165, 1.54) is 23.3 Å². The zero-order valence-electron chi connectivity index (χ0n) is 14.7. The second-order valence-corrected chi connectivity index (χ2v) is 6.84. The van der Waals surface area contributed by atoms with E-state index in [1.807, 2.05) is 47.2 Å². The number of carbonyl (C=O) groups is 2. The Balaban J connectivity index is 1.59. The number of rotatable bonds is 8. The van der Waals surface area contributed by atoms with Gasteiger partial charge in [-0.25, -0.2) is 4.79 Å². The van der Waals surface area contributed by atoms with E-state index >= 15 is 0 Å². The van der Waals surface area contributed by atoms with Crippen LogP contribution in [0.3, 0.4) is 0 Å². The van der Waals surface area contributed by atoms with Gasteiger partial charge < -0.3 is 14.4 Å². The smallest absolute Gasteiger partial charge is 0.326 e. The molecule has 0 aliphatic heterocycles. The van der Waals surface area contributed by atoms with Gasteiger partial charge in [0.25, 0.3) is 0 Å². The summed E-state index contributed by atoms with van der Waals surface area (Å²) in [5.74, 6) is -0.548. The molecule has 1 atom stereocenters. The van der Waals surface area contributed by atoms with Crippen LogP contribution in [0, 0.1) is 0 Å². The van der Waals surface area contributed by atoms with Gasteiger partial charge in [0.1, 0.15) is 6.04 Å². The molecule has 140 valence electrons. The van der Waals surface area contributed by atoms with Crippen molar-refractivity contribution < 1.29 is 19.1 Å². The van der Waals surface area contributed by atoms with E-state index < -0.39 is 12.0 Å². The lowest BCUT2D eigenvalue weighted by atomic mass is 10.0. The zero-order chi connectivity index (χ0) is 19.2. The van der Waals surface area contributed by atoms with Crippen LogP contribution in [0.4, 0.5) is 0 Å². The fraction of sp³-hybridized carbons (Fsp3) is 0.263. The fourth-order valence-corrected chi connectivity index (χ4v) is 3.28. The number of hydrogen-bond acceptors (Lipinski definition) is 6. The minimum Gasteiger partial charge on any atom is -0.480 e. The van der Waals surface area contributed by atoms with Crippen molar-refractivity contribution in [3.05, 3.63) is 58.6 Å². The Labute approximate surface area is 160 Å². The van der Waals surface area contributed by atoms with Gasteiger partial charge in [-0.15, -0.1) is 10.2 Å². The summed E-state index contributed by atoms with van der Waals surface area (Å²) < 4.78 is 5.56. The summed E-state index contributed by atoms with van der Waals surface area (Å²) in [4.78, 5) is 25.4. The molecule has 0 fully saturated rings. The maximum Gasteiger partial charge on any atom is 0.326 e. The first-order chi connectivity index (χ1) is 13.0. The molecule has 27 heavy (non-hydrogen) atoms. The molecule has 1 unspecified atom stereocenters. The first-order valence-electron chi connectivity index (χ1n) is 8.42. The number of likely N-dealkylation sites (N-methyl/N-ethyl adjacent to an activating group) is 1. The van der Waals surface area contributed by atoms with Crippen molar-refractivity contribution in [1.82, 2.24) is 15.1 Å². The molecule has 0 radical (unpaired) electrons. The van der Waals surface area contributed by atoms with E-state index in [4.69, 9.17) is 4.42 Å². The monoisotopic (exact) mass is 385 g/mol. The van der Waals surface area contributed by atoms with Crippen LogP contribution in [0.25, 0.3) is 11.5 Å². The van der Waals surface area contributed by atoms with Crippen molar-refractivity contribution in [2.45, 2.75) is 25.3 Å². The standard InChI is InChI=1S/C19H19N3O4S/c1-22(15(19(24)25)11-13-5-3-2-4-6-13)17(23)8-7-16-20-21-18(26-16)14-9-10-27-12-14/h2-6,9-10,12,15H,7-8,11H2,1H3,(H,24,25). The molecular weight excluding hydrogens is 366 g/mol. The minimum atomic E-state index is -1.03. The number of nitrogens with zero attached hydrogens (tertiary/aromatic N) is 3. The number of carboxylic acid groups (broad SMARTS) is 1. The summed E-state index contributed by atoms with van der Waals surface area (Å²) in [7, 11) is 1.51. The van der Waals surface area contributed by atoms with Crippen LogP contribution in [-0.4, -0.2) is 45.2 Å². The average Bonchev–Trinajstić information content (AvgIpc) is 3.35. The van der Waals surface area contributed by atoms with Crippen molar-refractivity contribution >= 4 is 23.2 Å². The molecule has 1 aromatic carbocycles. The zero-order valence-corrected chi connectivity index (χ0v) is 15.6. The number of aryl methyl sites for hydroxylation is 1. The fourth-order valence-electron chi connectivity index (χ4n) is 2.65. The number of aliphatic carboxylic acids is 1. The van der Waals surface area contributed by atoms with Gasteiger partial charge in [-0.05, 0) is 17.0 Å². The highest BCUT2D eigenvalue weighted by atomic mass is 32.1. The molecule has 1 N–H and O–H groups in total. The maximum absolute atomic E-state index is 12.5. The van der Waals surface area contributed by atoms with Crippen molar-refractivity contribution in [3.8, 4) is 11.5 Å². The summed E-state index contributed by atoms with van der Waals surface area (Å²) in [5.41, 5.74) is 1.71. The average molecular weight is 385 g/mol. The molecule has 8 heteroatoms. The van der Waals surface area contributed by atoms with Gasteiger partial charge in [0.15, 0.2) is 0 Å². The van der Waals surface area contributed by atoms with Crippen LogP contribution in [0.5, 0.6) is 0 Å². The van der Waals surface area contributed by atoms with Crippen LogP contribution in [0.15, 0.2) is 51.6 Å². The van der Waals surface area contributed by atoms with Crippen molar-refractivity contribution in [2.75, 3.05) is 7.05 Å². The molecule has 0 saturated carbocycles. The van der Waals surface area contributed by atoms with E-state index in [0.717, 1.165) is 11.1 Å². The number of aromatic nitrogens is 2. The van der Waals surface area contributed by atoms with E-state index in [1.54, 1.807) is 0 Å². The van der Waals surface area contributed by atoms with Crippen molar-refractivity contribution in [1.29, 1.82) is 0 Å². The number of hydrogen-bond donors (Lipinski definition) is 1. The van der Waals surface area contributed by atoms with E-state index in [-0.39, 0.29) is 25.2 Å². The molecule has 1 amide bonds. The molecule has 7 nitrogen and oxygen atoms in total. The highest BCUT2D eigenvalue weighted by Crippen LogP contribution is 2.21. The van der Waals surface area contributed by atoms with Crippen LogP contribution in [0.2, 0.25) is 0 Å². The quantitative estimate of drug-likeness (QED) is 0.640. The minimum absolute atomic E-state index is 0.0976. The van der Waals surface area contributed by atoms with Crippen LogP contribution in [0.1, 0.15) is 17.9 Å². The Morgan fingerprint density at radius 3 is 2.67 bits per heavy atom. The first-order valence-corrected chi connectivity index (χ1v) is 9.36. The highest BCUT2D eigenvalue weighted by Gasteiger charge is 2.27. The molecule has 0 aliphatic rings. The predicted octanol–water partition coefficient (Wildman–Crippen LogP) is 2.89. The number of amides is 1. The van der Waals surface area contributed by atoms with E-state index in [0.29, 0.717) is 11.8 Å². The second kappa shape index (κ2) is 8.59. The van der Waals surface area contributed by atoms with Crippen molar-refractivity contribution in [2.24, 2.45) is 0 Å². The number of thiophene rings is 1. The molecule has 3 rings (SSSR count). The van der Waals surface area contributed by atoms with Gasteiger partial charge in [-0.1, -0.05) is 30.3 Å². The van der Waals surface area contributed by atoms with Gasteiger partial charge in [0.2, 0.25) is 17.7 Å². The lowest BCUT2D eigenvalue weighted by Crippen LogP contribution is -2.43. The van der Waals surface area contributed by atoms with Crippen molar-refractivity contribution in [3.63, 3.8) is 0 Å². The lowest BCUT2D eigenvalue weighted by molar-refractivity contribution is -0.149. The van der Waals surface area contributed by atoms with Gasteiger partial charge in [0, 0.05) is 37.3 Å². The topological polar surface area (TPSA) is 96.5 Å². The molecule has 0 aliphatic carbocycles. The molecule has 0 spiro atoms. The summed E-state index contributed by atoms with van der Waals surface area (Å²) in [6.07, 6.45) is 0.611. The number of benzene rings is 1. The van der Waals surface area contributed by atoms with Crippen LogP contribution in [-0.2, 0) is 22.4 Å².